The first kappa shape index (κ1) is 21.3. The highest BCUT2D eigenvalue weighted by Crippen LogP contribution is 2.37. The zero-order valence-corrected chi connectivity index (χ0v) is 13.3. The predicted molar refractivity (Wildman–Crippen MR) is 77.1 cm³/mol. The van der Waals surface area contributed by atoms with Gasteiger partial charge in [-0.15, -0.1) is 0 Å². The molecule has 120 valence electrons. The highest BCUT2D eigenvalue weighted by Gasteiger charge is 2.33. The maximum atomic E-state index is 11.0. The number of rotatable bonds is 7. The Balaban J connectivity index is 0. The van der Waals surface area contributed by atoms with Crippen LogP contribution in [0.5, 0.6) is 0 Å². The van der Waals surface area contributed by atoms with E-state index in [1.807, 2.05) is 27.9 Å². The number of carboxylic acids is 1. The van der Waals surface area contributed by atoms with Gasteiger partial charge in [0, 0.05) is 11.0 Å². The maximum Gasteiger partial charge on any atom is 0.394 e. The SMILES string of the molecule is C=C(C(=O)O)C(CC)(CC)CCN(C)C.O=S(=O)(O)O. The van der Waals surface area contributed by atoms with Gasteiger partial charge in [-0.05, 0) is 39.9 Å². The zero-order valence-electron chi connectivity index (χ0n) is 12.5. The van der Waals surface area contributed by atoms with Gasteiger partial charge in [0.15, 0.2) is 0 Å². The lowest BCUT2D eigenvalue weighted by molar-refractivity contribution is -0.134. The van der Waals surface area contributed by atoms with E-state index in [4.69, 9.17) is 22.6 Å². The van der Waals surface area contributed by atoms with Gasteiger partial charge in [0.1, 0.15) is 0 Å². The van der Waals surface area contributed by atoms with Crippen LogP contribution < -0.4 is 0 Å². The molecule has 0 fully saturated rings. The van der Waals surface area contributed by atoms with Crippen molar-refractivity contribution < 1.29 is 27.4 Å². The predicted octanol–water partition coefficient (Wildman–Crippen LogP) is 1.73. The molecular formula is C12H25NO6S. The molecule has 3 N–H and O–H groups in total. The van der Waals surface area contributed by atoms with E-state index in [1.165, 1.54) is 0 Å². The van der Waals surface area contributed by atoms with Crippen molar-refractivity contribution in [2.45, 2.75) is 33.1 Å². The van der Waals surface area contributed by atoms with Gasteiger partial charge in [-0.3, -0.25) is 9.11 Å². The van der Waals surface area contributed by atoms with E-state index < -0.39 is 16.4 Å². The topological polar surface area (TPSA) is 115 Å². The Bertz CT molecular complexity index is 404. The molecule has 0 saturated heterocycles. The standard InChI is InChI=1S/C12H23NO2.H2O4S/c1-6-12(7-2,8-9-13(4)5)10(3)11(14)15;1-5(2,3)4/h3,6-9H2,1-2,4-5H3,(H,14,15);(H2,1,2,3,4). The van der Waals surface area contributed by atoms with Crippen LogP contribution in [0.25, 0.3) is 0 Å². The van der Waals surface area contributed by atoms with Crippen LogP contribution in [0.4, 0.5) is 0 Å². The van der Waals surface area contributed by atoms with Crippen molar-refractivity contribution in [1.82, 2.24) is 4.90 Å². The summed E-state index contributed by atoms with van der Waals surface area (Å²) in [6.45, 7) is 8.70. The summed E-state index contributed by atoms with van der Waals surface area (Å²) in [6, 6.07) is 0. The van der Waals surface area contributed by atoms with Crippen molar-refractivity contribution in [3.8, 4) is 0 Å². The summed E-state index contributed by atoms with van der Waals surface area (Å²) in [4.78, 5) is 13.1. The zero-order chi connectivity index (χ0) is 16.6. The molecule has 0 bridgehead atoms. The van der Waals surface area contributed by atoms with E-state index in [1.54, 1.807) is 0 Å². The molecule has 0 unspecified atom stereocenters. The summed E-state index contributed by atoms with van der Waals surface area (Å²) in [5, 5.41) is 9.03. The van der Waals surface area contributed by atoms with Crippen LogP contribution >= 0.6 is 0 Å². The van der Waals surface area contributed by atoms with Crippen molar-refractivity contribution >= 4 is 16.4 Å². The molecule has 0 atom stereocenters. The monoisotopic (exact) mass is 311 g/mol. The molecule has 0 saturated carbocycles. The van der Waals surface area contributed by atoms with Crippen molar-refractivity contribution in [3.05, 3.63) is 12.2 Å². The molecule has 0 aromatic heterocycles. The largest absolute Gasteiger partial charge is 0.478 e. The number of carbonyl (C=O) groups is 1. The molecule has 0 aromatic carbocycles. The lowest BCUT2D eigenvalue weighted by Gasteiger charge is -2.33. The quantitative estimate of drug-likeness (QED) is 0.484. The van der Waals surface area contributed by atoms with E-state index in [-0.39, 0.29) is 5.41 Å². The Morgan fingerprint density at radius 2 is 1.55 bits per heavy atom. The van der Waals surface area contributed by atoms with Gasteiger partial charge in [0.25, 0.3) is 0 Å². The van der Waals surface area contributed by atoms with Crippen LogP contribution in [0.2, 0.25) is 0 Å². The smallest absolute Gasteiger partial charge is 0.394 e. The second kappa shape index (κ2) is 9.06. The summed E-state index contributed by atoms with van der Waals surface area (Å²) < 4.78 is 31.6. The highest BCUT2D eigenvalue weighted by molar-refractivity contribution is 7.79. The van der Waals surface area contributed by atoms with Crippen LogP contribution in [0.15, 0.2) is 12.2 Å². The number of hydrogen-bond acceptors (Lipinski definition) is 4. The fourth-order valence-corrected chi connectivity index (χ4v) is 1.85. The fraction of sp³-hybridized carbons (Fsp3) is 0.750. The molecule has 0 aliphatic heterocycles. The number of hydrogen-bond donors (Lipinski definition) is 3. The molecule has 0 heterocycles. The highest BCUT2D eigenvalue weighted by atomic mass is 32.3. The maximum absolute atomic E-state index is 11.0. The van der Waals surface area contributed by atoms with Crippen LogP contribution in [0.1, 0.15) is 33.1 Å². The average molecular weight is 311 g/mol. The van der Waals surface area contributed by atoms with Crippen LogP contribution in [-0.2, 0) is 15.2 Å². The molecule has 8 heteroatoms. The van der Waals surface area contributed by atoms with Gasteiger partial charge in [0.05, 0.1) is 0 Å². The summed E-state index contributed by atoms with van der Waals surface area (Å²) in [7, 11) is -0.667. The van der Waals surface area contributed by atoms with Crippen LogP contribution in [-0.4, -0.2) is 54.1 Å². The number of nitrogens with zero attached hydrogens (tertiary/aromatic N) is 1. The summed E-state index contributed by atoms with van der Waals surface area (Å²) in [5.41, 5.74) is 0.116. The minimum absolute atomic E-state index is 0.240. The third-order valence-corrected chi connectivity index (χ3v) is 3.29. The third kappa shape index (κ3) is 9.90. The molecule has 0 amide bonds. The first-order chi connectivity index (χ1) is 8.89. The molecule has 7 nitrogen and oxygen atoms in total. The fourth-order valence-electron chi connectivity index (χ4n) is 1.85. The Morgan fingerprint density at radius 3 is 1.75 bits per heavy atom. The van der Waals surface area contributed by atoms with Gasteiger partial charge >= 0.3 is 16.4 Å². The number of aliphatic carboxylic acids is 1. The summed E-state index contributed by atoms with van der Waals surface area (Å²) in [5.74, 6) is -0.863. The van der Waals surface area contributed by atoms with Gasteiger partial charge in [-0.2, -0.15) is 8.42 Å². The van der Waals surface area contributed by atoms with Crippen LogP contribution in [0, 0.1) is 5.41 Å². The van der Waals surface area contributed by atoms with E-state index in [9.17, 15) is 4.79 Å². The summed E-state index contributed by atoms with van der Waals surface area (Å²) in [6.07, 6.45) is 2.53. The van der Waals surface area contributed by atoms with E-state index >= 15 is 0 Å². The first-order valence-electron chi connectivity index (χ1n) is 6.17. The lowest BCUT2D eigenvalue weighted by atomic mass is 9.73. The third-order valence-electron chi connectivity index (χ3n) is 3.29. The average Bonchev–Trinajstić information content (AvgIpc) is 2.28. The Labute approximate surface area is 120 Å². The molecular weight excluding hydrogens is 286 g/mol. The van der Waals surface area contributed by atoms with Gasteiger partial charge in [-0.1, -0.05) is 20.4 Å². The second-order valence-electron chi connectivity index (χ2n) is 4.77. The molecule has 0 spiro atoms. The minimum atomic E-state index is -4.67. The Hall–Kier alpha value is -0.960. The molecule has 0 aromatic rings. The lowest BCUT2D eigenvalue weighted by Crippen LogP contribution is -2.30. The van der Waals surface area contributed by atoms with Crippen molar-refractivity contribution in [3.63, 3.8) is 0 Å². The Morgan fingerprint density at radius 1 is 1.20 bits per heavy atom. The molecule has 0 rings (SSSR count). The second-order valence-corrected chi connectivity index (χ2v) is 5.67. The van der Waals surface area contributed by atoms with E-state index in [0.717, 1.165) is 25.8 Å². The molecule has 20 heavy (non-hydrogen) atoms. The molecule has 0 aliphatic carbocycles. The Kier molecular flexibility index (Phi) is 9.67. The minimum Gasteiger partial charge on any atom is -0.478 e. The normalized spacial score (nSPS) is 11.8. The summed E-state index contributed by atoms with van der Waals surface area (Å²) >= 11 is 0. The van der Waals surface area contributed by atoms with Gasteiger partial charge in [0.2, 0.25) is 0 Å². The van der Waals surface area contributed by atoms with E-state index in [2.05, 4.69) is 11.5 Å². The molecule has 0 radical (unpaired) electrons. The molecule has 0 aliphatic rings. The van der Waals surface area contributed by atoms with E-state index in [0.29, 0.717) is 5.57 Å². The van der Waals surface area contributed by atoms with Crippen molar-refractivity contribution in [2.24, 2.45) is 5.41 Å². The number of carboxylic acid groups (broad SMARTS) is 1. The van der Waals surface area contributed by atoms with Crippen molar-refractivity contribution in [1.29, 1.82) is 0 Å². The van der Waals surface area contributed by atoms with Crippen molar-refractivity contribution in [2.75, 3.05) is 20.6 Å². The van der Waals surface area contributed by atoms with Gasteiger partial charge < -0.3 is 10.0 Å². The first-order valence-corrected chi connectivity index (χ1v) is 7.56. The van der Waals surface area contributed by atoms with Gasteiger partial charge in [-0.25, -0.2) is 4.79 Å². The van der Waals surface area contributed by atoms with Crippen LogP contribution in [0.3, 0.4) is 0 Å².